The van der Waals surface area contributed by atoms with Crippen molar-refractivity contribution in [2.45, 2.75) is 41.0 Å². The number of pyridine rings is 1. The summed E-state index contributed by atoms with van der Waals surface area (Å²) in [6.45, 7) is 9.09. The molecule has 0 spiro atoms. The van der Waals surface area contributed by atoms with E-state index in [1.54, 1.807) is 18.0 Å². The number of rotatable bonds is 5. The quantitative estimate of drug-likeness (QED) is 0.845. The van der Waals surface area contributed by atoms with Gasteiger partial charge in [-0.25, -0.2) is 4.98 Å². The molecule has 0 fully saturated rings. The van der Waals surface area contributed by atoms with Gasteiger partial charge in [0.05, 0.1) is 5.69 Å². The van der Waals surface area contributed by atoms with Gasteiger partial charge in [-0.05, 0) is 18.6 Å². The summed E-state index contributed by atoms with van der Waals surface area (Å²) in [4.78, 5) is 30.0. The summed E-state index contributed by atoms with van der Waals surface area (Å²) in [6.07, 6.45) is 2.53. The van der Waals surface area contributed by atoms with E-state index in [1.165, 1.54) is 6.92 Å². The van der Waals surface area contributed by atoms with E-state index in [0.29, 0.717) is 17.8 Å². The van der Waals surface area contributed by atoms with Crippen molar-refractivity contribution in [2.24, 2.45) is 5.41 Å². The van der Waals surface area contributed by atoms with Gasteiger partial charge in [0, 0.05) is 25.6 Å². The number of aryl methyl sites for hydroxylation is 1. The Labute approximate surface area is 142 Å². The first-order valence-electron chi connectivity index (χ1n) is 8.07. The lowest BCUT2D eigenvalue weighted by Crippen LogP contribution is -2.26. The Morgan fingerprint density at radius 3 is 2.54 bits per heavy atom. The van der Waals surface area contributed by atoms with Gasteiger partial charge in [-0.15, -0.1) is 0 Å². The topological polar surface area (TPSA) is 63.9 Å². The molecule has 0 radical (unpaired) electrons. The van der Waals surface area contributed by atoms with Crippen molar-refractivity contribution >= 4 is 23.2 Å². The monoisotopic (exact) mass is 331 g/mol. The molecule has 2 aromatic heterocycles. The molecule has 0 unspecified atom stereocenters. The number of Topliss-reactive ketones (excluding diaryl/α,β-unsaturated/α-hetero) is 1. The average Bonchev–Trinajstić information content (AvgIpc) is 2.89. The molecule has 2 rings (SSSR count). The number of aromatic nitrogens is 2. The predicted octanol–water partition coefficient (Wildman–Crippen LogP) is 2.87. The Balaban J connectivity index is 2.44. The fourth-order valence-corrected chi connectivity index (χ4v) is 2.29. The zero-order valence-electron chi connectivity index (χ0n) is 15.2. The van der Waals surface area contributed by atoms with Crippen molar-refractivity contribution in [2.75, 3.05) is 18.6 Å². The molecule has 0 N–H and O–H groups in total. The molecule has 0 aliphatic heterocycles. The highest BCUT2D eigenvalue weighted by Crippen LogP contribution is 2.28. The van der Waals surface area contributed by atoms with Crippen LogP contribution in [0.15, 0.2) is 18.3 Å². The first-order valence-corrected chi connectivity index (χ1v) is 8.07. The minimum Gasteiger partial charge on any atom is -0.482 e. The molecule has 0 aromatic carbocycles. The van der Waals surface area contributed by atoms with E-state index in [0.717, 1.165) is 11.5 Å². The molecule has 6 nitrogen and oxygen atoms in total. The van der Waals surface area contributed by atoms with Crippen molar-refractivity contribution in [3.05, 3.63) is 24.0 Å². The van der Waals surface area contributed by atoms with E-state index in [1.807, 2.05) is 44.4 Å². The summed E-state index contributed by atoms with van der Waals surface area (Å²) in [5.74, 6) is 1.22. The van der Waals surface area contributed by atoms with Crippen molar-refractivity contribution < 1.29 is 14.3 Å². The van der Waals surface area contributed by atoms with E-state index < -0.39 is 5.41 Å². The van der Waals surface area contributed by atoms with Crippen LogP contribution in [0.25, 0.3) is 5.65 Å². The van der Waals surface area contributed by atoms with Crippen LogP contribution in [0.1, 0.15) is 40.3 Å². The van der Waals surface area contributed by atoms with Crippen molar-refractivity contribution in [1.29, 1.82) is 0 Å². The minimum atomic E-state index is -0.449. The third kappa shape index (κ3) is 3.42. The number of nitrogens with zero attached hydrogens (tertiary/aromatic N) is 3. The van der Waals surface area contributed by atoms with Gasteiger partial charge in [0.1, 0.15) is 12.4 Å². The zero-order valence-corrected chi connectivity index (χ0v) is 15.2. The number of hydrogen-bond acceptors (Lipinski definition) is 4. The lowest BCUT2D eigenvalue weighted by Gasteiger charge is -2.17. The molecular weight excluding hydrogens is 306 g/mol. The fraction of sp³-hybridized carbons (Fsp3) is 0.500. The molecular formula is C18H25N3O3. The van der Waals surface area contributed by atoms with Crippen LogP contribution in [0.2, 0.25) is 0 Å². The summed E-state index contributed by atoms with van der Waals surface area (Å²) < 4.78 is 7.55. The summed E-state index contributed by atoms with van der Waals surface area (Å²) in [6, 6.07) is 3.61. The SMILES string of the molecule is CCc1nc2c(OCC(=O)C(C)(C)C)cccn2c1N(C)C(C)=O. The Kier molecular flexibility index (Phi) is 4.96. The molecule has 2 heterocycles. The van der Waals surface area contributed by atoms with Crippen molar-refractivity contribution in [3.63, 3.8) is 0 Å². The van der Waals surface area contributed by atoms with Crippen LogP contribution in [0.4, 0.5) is 5.82 Å². The molecule has 0 saturated heterocycles. The molecule has 6 heteroatoms. The summed E-state index contributed by atoms with van der Waals surface area (Å²) in [7, 11) is 1.72. The van der Waals surface area contributed by atoms with Crippen LogP contribution in [0.3, 0.4) is 0 Å². The highest BCUT2D eigenvalue weighted by atomic mass is 16.5. The molecule has 0 atom stereocenters. The van der Waals surface area contributed by atoms with E-state index in [2.05, 4.69) is 4.98 Å². The third-order valence-corrected chi connectivity index (χ3v) is 3.98. The number of anilines is 1. The van der Waals surface area contributed by atoms with Crippen LogP contribution >= 0.6 is 0 Å². The van der Waals surface area contributed by atoms with Gasteiger partial charge in [0.2, 0.25) is 5.91 Å². The van der Waals surface area contributed by atoms with Gasteiger partial charge in [-0.2, -0.15) is 0 Å². The summed E-state index contributed by atoms with van der Waals surface area (Å²) >= 11 is 0. The number of hydrogen-bond donors (Lipinski definition) is 0. The number of fused-ring (bicyclic) bond motifs is 1. The number of imidazole rings is 1. The number of carbonyl (C=O) groups is 2. The fourth-order valence-electron chi connectivity index (χ4n) is 2.29. The largest absolute Gasteiger partial charge is 0.482 e. The van der Waals surface area contributed by atoms with Crippen LogP contribution in [0, 0.1) is 5.41 Å². The molecule has 0 saturated carbocycles. The molecule has 0 bridgehead atoms. The molecule has 0 aliphatic rings. The second kappa shape index (κ2) is 6.63. The average molecular weight is 331 g/mol. The smallest absolute Gasteiger partial charge is 0.224 e. The van der Waals surface area contributed by atoms with E-state index in [4.69, 9.17) is 4.74 Å². The summed E-state index contributed by atoms with van der Waals surface area (Å²) in [5, 5.41) is 0. The summed E-state index contributed by atoms with van der Waals surface area (Å²) in [5.41, 5.74) is 0.972. The highest BCUT2D eigenvalue weighted by molar-refractivity contribution is 5.91. The lowest BCUT2D eigenvalue weighted by atomic mass is 9.91. The number of ketones is 1. The maximum Gasteiger partial charge on any atom is 0.224 e. The number of ether oxygens (including phenoxy) is 1. The van der Waals surface area contributed by atoms with Gasteiger partial charge < -0.3 is 4.74 Å². The minimum absolute atomic E-state index is 0.00459. The van der Waals surface area contributed by atoms with Crippen LogP contribution in [-0.2, 0) is 16.0 Å². The van der Waals surface area contributed by atoms with E-state index in [-0.39, 0.29) is 18.3 Å². The van der Waals surface area contributed by atoms with E-state index >= 15 is 0 Å². The first-order chi connectivity index (χ1) is 11.2. The molecule has 1 amide bonds. The number of carbonyl (C=O) groups excluding carboxylic acids is 2. The van der Waals surface area contributed by atoms with Crippen LogP contribution in [0.5, 0.6) is 5.75 Å². The Hall–Kier alpha value is -2.37. The molecule has 0 aliphatic carbocycles. The van der Waals surface area contributed by atoms with Crippen molar-refractivity contribution in [1.82, 2.24) is 9.38 Å². The maximum absolute atomic E-state index is 12.1. The normalized spacial score (nSPS) is 11.6. The molecule has 24 heavy (non-hydrogen) atoms. The lowest BCUT2D eigenvalue weighted by molar-refractivity contribution is -0.128. The second-order valence-electron chi connectivity index (χ2n) is 6.84. The van der Waals surface area contributed by atoms with Gasteiger partial charge >= 0.3 is 0 Å². The standard InChI is InChI=1S/C18H25N3O3/c1-7-13-17(20(6)12(2)22)21-10-8-9-14(16(21)19-13)24-11-15(23)18(3,4)5/h8-10H,7,11H2,1-6H3. The molecule has 130 valence electrons. The maximum atomic E-state index is 12.1. The second-order valence-corrected chi connectivity index (χ2v) is 6.84. The van der Waals surface area contributed by atoms with Gasteiger partial charge in [-0.1, -0.05) is 27.7 Å². The Morgan fingerprint density at radius 2 is 2.00 bits per heavy atom. The van der Waals surface area contributed by atoms with Gasteiger partial charge in [-0.3, -0.25) is 18.9 Å². The Morgan fingerprint density at radius 1 is 1.33 bits per heavy atom. The predicted molar refractivity (Wildman–Crippen MR) is 93.6 cm³/mol. The highest BCUT2D eigenvalue weighted by Gasteiger charge is 2.23. The van der Waals surface area contributed by atoms with E-state index in [9.17, 15) is 9.59 Å². The first kappa shape index (κ1) is 18.0. The van der Waals surface area contributed by atoms with Gasteiger partial charge in [0.15, 0.2) is 17.2 Å². The van der Waals surface area contributed by atoms with Crippen molar-refractivity contribution in [3.8, 4) is 5.75 Å². The number of amides is 1. The third-order valence-electron chi connectivity index (χ3n) is 3.98. The van der Waals surface area contributed by atoms with Crippen LogP contribution < -0.4 is 9.64 Å². The van der Waals surface area contributed by atoms with Gasteiger partial charge in [0.25, 0.3) is 0 Å². The zero-order chi connectivity index (χ0) is 18.1. The molecule has 2 aromatic rings. The Bertz CT molecular complexity index is 772. The van der Waals surface area contributed by atoms with Crippen LogP contribution in [-0.4, -0.2) is 34.7 Å².